The monoisotopic (exact) mass is 261 g/mol. The lowest BCUT2D eigenvalue weighted by Crippen LogP contribution is -2.23. The molecule has 106 valence electrons. The van der Waals surface area contributed by atoms with Gasteiger partial charge >= 0.3 is 0 Å². The molecule has 0 radical (unpaired) electrons. The number of likely N-dealkylation sites (N-methyl/N-ethyl adjacent to an activating group) is 1. The molecule has 1 heterocycles. The molecule has 1 fully saturated rings. The summed E-state index contributed by atoms with van der Waals surface area (Å²) in [6, 6.07) is 7.01. The van der Waals surface area contributed by atoms with Gasteiger partial charge in [-0.05, 0) is 58.0 Å². The molecule has 1 saturated carbocycles. The van der Waals surface area contributed by atoms with E-state index in [2.05, 4.69) is 34.4 Å². The van der Waals surface area contributed by atoms with Crippen LogP contribution < -0.4 is 5.32 Å². The molecule has 1 aromatic heterocycles. The molecule has 0 amide bonds. The maximum absolute atomic E-state index is 4.36. The van der Waals surface area contributed by atoms with Crippen molar-refractivity contribution in [3.05, 3.63) is 30.1 Å². The fraction of sp³-hybridized carbons (Fsp3) is 0.688. The van der Waals surface area contributed by atoms with Gasteiger partial charge in [0.2, 0.25) is 0 Å². The van der Waals surface area contributed by atoms with Crippen molar-refractivity contribution in [1.82, 2.24) is 15.2 Å². The van der Waals surface area contributed by atoms with Crippen LogP contribution in [0.2, 0.25) is 0 Å². The molecule has 0 saturated heterocycles. The van der Waals surface area contributed by atoms with Gasteiger partial charge in [0, 0.05) is 30.9 Å². The zero-order valence-electron chi connectivity index (χ0n) is 12.1. The van der Waals surface area contributed by atoms with Crippen molar-refractivity contribution in [1.29, 1.82) is 0 Å². The zero-order chi connectivity index (χ0) is 13.3. The second kappa shape index (κ2) is 8.28. The summed E-state index contributed by atoms with van der Waals surface area (Å²) < 4.78 is 0. The molecular weight excluding hydrogens is 234 g/mol. The van der Waals surface area contributed by atoms with Gasteiger partial charge in [-0.2, -0.15) is 0 Å². The highest BCUT2D eigenvalue weighted by atomic mass is 15.1. The first kappa shape index (κ1) is 14.5. The van der Waals surface area contributed by atoms with Crippen LogP contribution in [0, 0.1) is 0 Å². The Kier molecular flexibility index (Phi) is 6.31. The van der Waals surface area contributed by atoms with Crippen LogP contribution in [0.15, 0.2) is 24.4 Å². The molecule has 3 nitrogen and oxygen atoms in total. The summed E-state index contributed by atoms with van der Waals surface area (Å²) in [5.74, 6) is 0. The van der Waals surface area contributed by atoms with E-state index < -0.39 is 0 Å². The molecule has 0 spiro atoms. The standard InChI is InChI=1S/C16H27N3/c1-19(14-10-15-7-3-5-12-17-15)13-6-2-4-11-18-16-8-9-16/h3,5,7,12,16,18H,2,4,6,8-11,13-14H2,1H3. The maximum Gasteiger partial charge on any atom is 0.0416 e. The van der Waals surface area contributed by atoms with Crippen LogP contribution in [-0.4, -0.2) is 42.6 Å². The summed E-state index contributed by atoms with van der Waals surface area (Å²) in [6.45, 7) is 3.52. The SMILES string of the molecule is CN(CCCCCNC1CC1)CCc1ccccn1. The van der Waals surface area contributed by atoms with E-state index in [1.54, 1.807) is 0 Å². The number of nitrogens with one attached hydrogen (secondary N) is 1. The van der Waals surface area contributed by atoms with Crippen molar-refractivity contribution < 1.29 is 0 Å². The van der Waals surface area contributed by atoms with Crippen LogP contribution in [0.5, 0.6) is 0 Å². The van der Waals surface area contributed by atoms with Crippen LogP contribution in [0.25, 0.3) is 0 Å². The van der Waals surface area contributed by atoms with Crippen LogP contribution >= 0.6 is 0 Å². The highest BCUT2D eigenvalue weighted by Gasteiger charge is 2.19. The van der Waals surface area contributed by atoms with Crippen molar-refractivity contribution in [2.24, 2.45) is 0 Å². The van der Waals surface area contributed by atoms with E-state index in [1.807, 2.05) is 12.3 Å². The fourth-order valence-electron chi connectivity index (χ4n) is 2.24. The Bertz CT molecular complexity index is 335. The Hall–Kier alpha value is -0.930. The largest absolute Gasteiger partial charge is 0.314 e. The number of aromatic nitrogens is 1. The van der Waals surface area contributed by atoms with Gasteiger partial charge in [-0.3, -0.25) is 4.98 Å². The summed E-state index contributed by atoms with van der Waals surface area (Å²) in [4.78, 5) is 6.78. The quantitative estimate of drug-likeness (QED) is 0.656. The van der Waals surface area contributed by atoms with E-state index >= 15 is 0 Å². The van der Waals surface area contributed by atoms with Crippen LogP contribution in [0.1, 0.15) is 37.8 Å². The van der Waals surface area contributed by atoms with E-state index in [9.17, 15) is 0 Å². The first-order valence-corrected chi connectivity index (χ1v) is 7.66. The lowest BCUT2D eigenvalue weighted by molar-refractivity contribution is 0.327. The van der Waals surface area contributed by atoms with E-state index in [4.69, 9.17) is 0 Å². The van der Waals surface area contributed by atoms with Gasteiger partial charge in [-0.15, -0.1) is 0 Å². The second-order valence-corrected chi connectivity index (χ2v) is 5.66. The summed E-state index contributed by atoms with van der Waals surface area (Å²) >= 11 is 0. The average Bonchev–Trinajstić information content (AvgIpc) is 3.26. The maximum atomic E-state index is 4.36. The van der Waals surface area contributed by atoms with E-state index in [0.29, 0.717) is 0 Å². The molecule has 3 heteroatoms. The minimum Gasteiger partial charge on any atom is -0.314 e. The third-order valence-corrected chi connectivity index (χ3v) is 3.70. The normalized spacial score (nSPS) is 15.1. The smallest absolute Gasteiger partial charge is 0.0416 e. The topological polar surface area (TPSA) is 28.2 Å². The molecule has 1 aromatic rings. The van der Waals surface area contributed by atoms with Crippen molar-refractivity contribution in [3.8, 4) is 0 Å². The van der Waals surface area contributed by atoms with Crippen molar-refractivity contribution in [2.75, 3.05) is 26.7 Å². The van der Waals surface area contributed by atoms with Gasteiger partial charge in [-0.25, -0.2) is 0 Å². The minimum absolute atomic E-state index is 0.862. The zero-order valence-corrected chi connectivity index (χ0v) is 12.1. The fourth-order valence-corrected chi connectivity index (χ4v) is 2.24. The molecule has 0 aliphatic heterocycles. The van der Waals surface area contributed by atoms with Crippen LogP contribution in [-0.2, 0) is 6.42 Å². The van der Waals surface area contributed by atoms with Crippen molar-refractivity contribution in [3.63, 3.8) is 0 Å². The molecule has 0 unspecified atom stereocenters. The molecular formula is C16H27N3. The Labute approximate surface area is 117 Å². The molecule has 2 rings (SSSR count). The minimum atomic E-state index is 0.862. The molecule has 1 N–H and O–H groups in total. The number of pyridine rings is 1. The van der Waals surface area contributed by atoms with Gasteiger partial charge in [-0.1, -0.05) is 12.5 Å². The van der Waals surface area contributed by atoms with Crippen molar-refractivity contribution >= 4 is 0 Å². The average molecular weight is 261 g/mol. The predicted molar refractivity (Wildman–Crippen MR) is 80.3 cm³/mol. The number of unbranched alkanes of at least 4 members (excludes halogenated alkanes) is 2. The van der Waals surface area contributed by atoms with Gasteiger partial charge in [0.15, 0.2) is 0 Å². The van der Waals surface area contributed by atoms with Crippen molar-refractivity contribution in [2.45, 2.75) is 44.6 Å². The number of rotatable bonds is 10. The van der Waals surface area contributed by atoms with Crippen LogP contribution in [0.4, 0.5) is 0 Å². The van der Waals surface area contributed by atoms with Gasteiger partial charge in [0.25, 0.3) is 0 Å². The first-order chi connectivity index (χ1) is 9.34. The summed E-state index contributed by atoms with van der Waals surface area (Å²) in [7, 11) is 2.21. The van der Waals surface area contributed by atoms with Gasteiger partial charge < -0.3 is 10.2 Å². The highest BCUT2D eigenvalue weighted by Crippen LogP contribution is 2.18. The second-order valence-electron chi connectivity index (χ2n) is 5.66. The van der Waals surface area contributed by atoms with Gasteiger partial charge in [0.05, 0.1) is 0 Å². The number of hydrogen-bond donors (Lipinski definition) is 1. The third kappa shape index (κ3) is 6.69. The van der Waals surface area contributed by atoms with E-state index in [-0.39, 0.29) is 0 Å². The molecule has 1 aliphatic carbocycles. The lowest BCUT2D eigenvalue weighted by Gasteiger charge is -2.16. The Morgan fingerprint density at radius 3 is 2.84 bits per heavy atom. The highest BCUT2D eigenvalue weighted by molar-refractivity contribution is 5.03. The summed E-state index contributed by atoms with van der Waals surface area (Å²) in [6.07, 6.45) is 9.71. The van der Waals surface area contributed by atoms with Crippen LogP contribution in [0.3, 0.4) is 0 Å². The predicted octanol–water partition coefficient (Wildman–Crippen LogP) is 2.48. The molecule has 1 aliphatic rings. The molecule has 0 aromatic carbocycles. The van der Waals surface area contributed by atoms with E-state index in [1.165, 1.54) is 50.9 Å². The van der Waals surface area contributed by atoms with E-state index in [0.717, 1.165) is 19.0 Å². The first-order valence-electron chi connectivity index (χ1n) is 7.66. The third-order valence-electron chi connectivity index (χ3n) is 3.70. The number of hydrogen-bond acceptors (Lipinski definition) is 3. The Balaban J connectivity index is 1.44. The lowest BCUT2D eigenvalue weighted by atomic mass is 10.2. The molecule has 0 bridgehead atoms. The number of nitrogens with zero attached hydrogens (tertiary/aromatic N) is 2. The Morgan fingerprint density at radius 2 is 2.11 bits per heavy atom. The molecule has 19 heavy (non-hydrogen) atoms. The molecule has 0 atom stereocenters. The Morgan fingerprint density at radius 1 is 1.21 bits per heavy atom. The summed E-state index contributed by atoms with van der Waals surface area (Å²) in [5, 5.41) is 3.57. The summed E-state index contributed by atoms with van der Waals surface area (Å²) in [5.41, 5.74) is 1.20. The van der Waals surface area contributed by atoms with Gasteiger partial charge in [0.1, 0.15) is 0 Å².